The normalized spacial score (nSPS) is 11.6. The van der Waals surface area contributed by atoms with Gasteiger partial charge in [0.1, 0.15) is 5.75 Å². The second kappa shape index (κ2) is 6.94. The number of halogens is 3. The zero-order valence-corrected chi connectivity index (χ0v) is 15.0. The number of aryl methyl sites for hydroxylation is 2. The highest BCUT2D eigenvalue weighted by molar-refractivity contribution is 5.95. The maximum Gasteiger partial charge on any atom is 0.416 e. The Balaban J connectivity index is 1.89. The van der Waals surface area contributed by atoms with Gasteiger partial charge in [0.15, 0.2) is 0 Å². The minimum absolute atomic E-state index is 0.0518. The summed E-state index contributed by atoms with van der Waals surface area (Å²) in [5.41, 5.74) is 1.42. The number of aromatic nitrogens is 2. The molecule has 0 aliphatic carbocycles. The van der Waals surface area contributed by atoms with E-state index in [1.807, 2.05) is 7.05 Å². The lowest BCUT2D eigenvalue weighted by Gasteiger charge is -2.14. The molecule has 0 fully saturated rings. The molecule has 27 heavy (non-hydrogen) atoms. The highest BCUT2D eigenvalue weighted by Crippen LogP contribution is 2.32. The molecule has 0 saturated heterocycles. The van der Waals surface area contributed by atoms with Crippen LogP contribution in [0.5, 0.6) is 5.75 Å². The van der Waals surface area contributed by atoms with Gasteiger partial charge in [-0.05, 0) is 36.8 Å². The van der Waals surface area contributed by atoms with E-state index in [2.05, 4.69) is 10.3 Å². The monoisotopic (exact) mass is 377 g/mol. The summed E-state index contributed by atoms with van der Waals surface area (Å²) in [6.07, 6.45) is -2.87. The molecule has 1 aromatic heterocycles. The van der Waals surface area contributed by atoms with Crippen molar-refractivity contribution in [1.29, 1.82) is 0 Å². The molecule has 0 spiro atoms. The fourth-order valence-corrected chi connectivity index (χ4v) is 3.01. The lowest BCUT2D eigenvalue weighted by atomic mass is 10.0. The van der Waals surface area contributed by atoms with Crippen molar-refractivity contribution in [3.8, 4) is 5.75 Å². The molecule has 8 heteroatoms. The van der Waals surface area contributed by atoms with Crippen LogP contribution in [-0.2, 0) is 19.8 Å². The first-order valence-corrected chi connectivity index (χ1v) is 8.15. The molecular formula is C19H18F3N3O2. The predicted molar refractivity (Wildman–Crippen MR) is 94.6 cm³/mol. The van der Waals surface area contributed by atoms with Gasteiger partial charge in [-0.1, -0.05) is 6.07 Å². The van der Waals surface area contributed by atoms with Crippen LogP contribution in [0, 0.1) is 6.92 Å². The zero-order valence-electron chi connectivity index (χ0n) is 15.0. The van der Waals surface area contributed by atoms with Gasteiger partial charge in [0.25, 0.3) is 5.91 Å². The summed E-state index contributed by atoms with van der Waals surface area (Å²) in [6, 6.07) is 7.08. The van der Waals surface area contributed by atoms with Crippen molar-refractivity contribution in [2.24, 2.45) is 7.05 Å². The number of nitrogens with one attached hydrogen (secondary N) is 1. The number of rotatable bonds is 4. The standard InChI is InChI=1S/C19H18F3N3O2/c1-11-4-5-12(8-14(11)19(20,21)22)18(26)23-9-13-16(27-3)7-6-15-17(13)25(2)10-24-15/h4-8,10H,9H2,1-3H3,(H,23,26). The van der Waals surface area contributed by atoms with E-state index >= 15 is 0 Å². The van der Waals surface area contributed by atoms with Crippen molar-refractivity contribution in [3.63, 3.8) is 0 Å². The van der Waals surface area contributed by atoms with Crippen molar-refractivity contribution in [3.05, 3.63) is 58.9 Å². The van der Waals surface area contributed by atoms with Crippen LogP contribution in [0.2, 0.25) is 0 Å². The summed E-state index contributed by atoms with van der Waals surface area (Å²) in [6.45, 7) is 1.45. The SMILES string of the molecule is COc1ccc2ncn(C)c2c1CNC(=O)c1ccc(C)c(C(F)(F)F)c1. The third kappa shape index (κ3) is 3.60. The predicted octanol–water partition coefficient (Wildman–Crippen LogP) is 3.84. The van der Waals surface area contributed by atoms with E-state index in [0.717, 1.165) is 17.1 Å². The smallest absolute Gasteiger partial charge is 0.416 e. The molecular weight excluding hydrogens is 359 g/mol. The highest BCUT2D eigenvalue weighted by Gasteiger charge is 2.33. The summed E-state index contributed by atoms with van der Waals surface area (Å²) < 4.78 is 46.4. The van der Waals surface area contributed by atoms with Gasteiger partial charge in [-0.3, -0.25) is 4.79 Å². The van der Waals surface area contributed by atoms with E-state index in [0.29, 0.717) is 11.3 Å². The Hall–Kier alpha value is -3.03. The molecule has 3 aromatic rings. The Morgan fingerprint density at radius 3 is 2.67 bits per heavy atom. The quantitative estimate of drug-likeness (QED) is 0.752. The lowest BCUT2D eigenvalue weighted by Crippen LogP contribution is -2.24. The summed E-state index contributed by atoms with van der Waals surface area (Å²) in [7, 11) is 3.33. The number of carbonyl (C=O) groups is 1. The fraction of sp³-hybridized carbons (Fsp3) is 0.263. The van der Waals surface area contributed by atoms with Gasteiger partial charge < -0.3 is 14.6 Å². The summed E-state index contributed by atoms with van der Waals surface area (Å²) in [5, 5.41) is 2.67. The maximum absolute atomic E-state index is 13.1. The van der Waals surface area contributed by atoms with Crippen molar-refractivity contribution in [2.45, 2.75) is 19.6 Å². The maximum atomic E-state index is 13.1. The molecule has 1 amide bonds. The van der Waals surface area contributed by atoms with Crippen molar-refractivity contribution < 1.29 is 22.7 Å². The van der Waals surface area contributed by atoms with Crippen LogP contribution in [0.15, 0.2) is 36.7 Å². The number of hydrogen-bond donors (Lipinski definition) is 1. The minimum Gasteiger partial charge on any atom is -0.496 e. The number of alkyl halides is 3. The zero-order chi connectivity index (χ0) is 19.8. The van der Waals surface area contributed by atoms with E-state index in [1.54, 1.807) is 23.0 Å². The molecule has 1 N–H and O–H groups in total. The molecule has 0 unspecified atom stereocenters. The van der Waals surface area contributed by atoms with Gasteiger partial charge in [-0.15, -0.1) is 0 Å². The number of fused-ring (bicyclic) bond motifs is 1. The number of benzene rings is 2. The first-order chi connectivity index (χ1) is 12.7. The van der Waals surface area contributed by atoms with Crippen molar-refractivity contribution in [1.82, 2.24) is 14.9 Å². The molecule has 0 saturated carbocycles. The van der Waals surface area contributed by atoms with E-state index < -0.39 is 17.6 Å². The molecule has 5 nitrogen and oxygen atoms in total. The average Bonchev–Trinajstić information content (AvgIpc) is 3.00. The fourth-order valence-electron chi connectivity index (χ4n) is 3.01. The Kier molecular flexibility index (Phi) is 4.82. The summed E-state index contributed by atoms with van der Waals surface area (Å²) in [5.74, 6) is -0.0342. The van der Waals surface area contributed by atoms with Gasteiger partial charge in [-0.25, -0.2) is 4.98 Å². The molecule has 3 rings (SSSR count). The van der Waals surface area contributed by atoms with Gasteiger partial charge in [-0.2, -0.15) is 13.2 Å². The summed E-state index contributed by atoms with van der Waals surface area (Å²) in [4.78, 5) is 16.7. The molecule has 0 radical (unpaired) electrons. The van der Waals surface area contributed by atoms with Gasteiger partial charge >= 0.3 is 6.18 Å². The Morgan fingerprint density at radius 2 is 2.00 bits per heavy atom. The van der Waals surface area contributed by atoms with E-state index in [1.165, 1.54) is 26.2 Å². The van der Waals surface area contributed by atoms with Gasteiger partial charge in [0.2, 0.25) is 0 Å². The second-order valence-electron chi connectivity index (χ2n) is 6.18. The van der Waals surface area contributed by atoms with Crippen LogP contribution in [0.1, 0.15) is 27.0 Å². The molecule has 0 aliphatic rings. The van der Waals surface area contributed by atoms with Crippen molar-refractivity contribution in [2.75, 3.05) is 7.11 Å². The van der Waals surface area contributed by atoms with Crippen LogP contribution < -0.4 is 10.1 Å². The Bertz CT molecular complexity index is 1010. The van der Waals surface area contributed by atoms with Crippen LogP contribution in [0.4, 0.5) is 13.2 Å². The molecule has 0 atom stereocenters. The van der Waals surface area contributed by atoms with Crippen molar-refractivity contribution >= 4 is 16.9 Å². The number of carbonyl (C=O) groups excluding carboxylic acids is 1. The highest BCUT2D eigenvalue weighted by atomic mass is 19.4. The number of hydrogen-bond acceptors (Lipinski definition) is 3. The molecule has 2 aromatic carbocycles. The average molecular weight is 377 g/mol. The molecule has 0 aliphatic heterocycles. The summed E-state index contributed by atoms with van der Waals surface area (Å²) >= 11 is 0. The van der Waals surface area contributed by atoms with Crippen LogP contribution in [-0.4, -0.2) is 22.6 Å². The van der Waals surface area contributed by atoms with Crippen LogP contribution in [0.25, 0.3) is 11.0 Å². The molecule has 142 valence electrons. The number of ether oxygens (including phenoxy) is 1. The minimum atomic E-state index is -4.51. The molecule has 0 bridgehead atoms. The van der Waals surface area contributed by atoms with E-state index in [4.69, 9.17) is 4.74 Å². The number of methoxy groups -OCH3 is 1. The largest absolute Gasteiger partial charge is 0.496 e. The van der Waals surface area contributed by atoms with Gasteiger partial charge in [0, 0.05) is 24.7 Å². The third-order valence-corrected chi connectivity index (χ3v) is 4.39. The molecule has 1 heterocycles. The lowest BCUT2D eigenvalue weighted by molar-refractivity contribution is -0.138. The topological polar surface area (TPSA) is 56.1 Å². The third-order valence-electron chi connectivity index (χ3n) is 4.39. The van der Waals surface area contributed by atoms with E-state index in [-0.39, 0.29) is 17.7 Å². The van der Waals surface area contributed by atoms with E-state index in [9.17, 15) is 18.0 Å². The van der Waals surface area contributed by atoms with Gasteiger partial charge in [0.05, 0.1) is 30.0 Å². The first kappa shape index (κ1) is 18.8. The first-order valence-electron chi connectivity index (χ1n) is 8.15. The number of imidazole rings is 1. The number of amides is 1. The van der Waals surface area contributed by atoms with Crippen LogP contribution >= 0.6 is 0 Å². The number of nitrogens with zero attached hydrogens (tertiary/aromatic N) is 2. The van der Waals surface area contributed by atoms with Crippen LogP contribution in [0.3, 0.4) is 0 Å². The second-order valence-corrected chi connectivity index (χ2v) is 6.18. The Morgan fingerprint density at radius 1 is 1.26 bits per heavy atom. The Labute approximate surface area is 153 Å².